The van der Waals surface area contributed by atoms with E-state index in [1.165, 1.54) is 6.33 Å². The van der Waals surface area contributed by atoms with Crippen LogP contribution in [-0.2, 0) is 11.3 Å². The molecule has 136 valence electrons. The number of rotatable bonds is 8. The summed E-state index contributed by atoms with van der Waals surface area (Å²) >= 11 is 8.39. The van der Waals surface area contributed by atoms with E-state index in [4.69, 9.17) is 22.1 Å². The molecule has 0 radical (unpaired) electrons. The zero-order chi connectivity index (χ0) is 18.4. The van der Waals surface area contributed by atoms with Gasteiger partial charge in [0.1, 0.15) is 23.9 Å². The van der Waals surface area contributed by atoms with Gasteiger partial charge in [-0.15, -0.1) is 0 Å². The minimum Gasteiger partial charge on any atom is -0.404 e. The molecule has 2 aromatic heterocycles. The monoisotopic (exact) mass is 491 g/mol. The summed E-state index contributed by atoms with van der Waals surface area (Å²) in [7, 11) is -1.06. The third kappa shape index (κ3) is 6.05. The van der Waals surface area contributed by atoms with Crippen LogP contribution in [-0.4, -0.2) is 42.2 Å². The zero-order valence-corrected chi connectivity index (χ0v) is 18.6. The van der Waals surface area contributed by atoms with E-state index in [1.54, 1.807) is 12.4 Å². The van der Waals surface area contributed by atoms with Crippen LogP contribution in [0.5, 0.6) is 0 Å². The number of halogens is 2. The van der Waals surface area contributed by atoms with E-state index in [0.29, 0.717) is 18.4 Å². The lowest BCUT2D eigenvalue weighted by Crippen LogP contribution is -2.21. The molecule has 2 N–H and O–H groups in total. The van der Waals surface area contributed by atoms with Gasteiger partial charge in [-0.2, -0.15) is 0 Å². The summed E-state index contributed by atoms with van der Waals surface area (Å²) in [5.41, 5.74) is 7.39. The van der Waals surface area contributed by atoms with Crippen molar-refractivity contribution in [1.29, 1.82) is 0 Å². The highest BCUT2D eigenvalue weighted by Gasteiger charge is 2.13. The Kier molecular flexibility index (Phi) is 7.41. The Morgan fingerprint density at radius 1 is 1.44 bits per heavy atom. The van der Waals surface area contributed by atoms with Crippen molar-refractivity contribution < 1.29 is 4.74 Å². The number of aromatic nitrogens is 3. The second kappa shape index (κ2) is 9.11. The Bertz CT molecular complexity index is 785. The van der Waals surface area contributed by atoms with Crippen LogP contribution in [0.3, 0.4) is 0 Å². The average molecular weight is 492 g/mol. The molecular weight excluding hydrogens is 469 g/mol. The number of nitrogens with two attached hydrogens (primary N) is 1. The molecule has 2 heterocycles. The first-order valence-electron chi connectivity index (χ1n) is 7.95. The molecule has 0 spiro atoms. The van der Waals surface area contributed by atoms with Crippen molar-refractivity contribution in [3.63, 3.8) is 0 Å². The van der Waals surface area contributed by atoms with Crippen LogP contribution in [0, 0.1) is 3.57 Å². The Morgan fingerprint density at radius 2 is 2.20 bits per heavy atom. The molecule has 0 aliphatic heterocycles. The predicted molar refractivity (Wildman–Crippen MR) is 115 cm³/mol. The first-order chi connectivity index (χ1) is 11.8. The smallest absolute Gasteiger partial charge is 0.146 e. The lowest BCUT2D eigenvalue weighted by molar-refractivity contribution is 0.156. The molecule has 0 saturated heterocycles. The van der Waals surface area contributed by atoms with Crippen LogP contribution < -0.4 is 5.73 Å². The highest BCUT2D eigenvalue weighted by Crippen LogP contribution is 2.26. The molecule has 0 saturated carbocycles. The van der Waals surface area contributed by atoms with Crippen LogP contribution in [0.2, 0.25) is 30.8 Å². The maximum Gasteiger partial charge on any atom is 0.146 e. The molecule has 0 aromatic carbocycles. The van der Waals surface area contributed by atoms with E-state index < -0.39 is 8.07 Å². The minimum atomic E-state index is -1.06. The standard InChI is InChI=1S/C16H23ClIN5OSi/c1-25(2,3)5-4-24-11-20-7-12(6-19)8-23-9-13(18)14-15(17)21-10-22-16(14)23/h6-7,9-10H,4-5,8,11,19H2,1-3H3. The van der Waals surface area contributed by atoms with Crippen LogP contribution >= 0.6 is 34.2 Å². The maximum atomic E-state index is 6.16. The van der Waals surface area contributed by atoms with E-state index in [0.717, 1.165) is 32.8 Å². The Morgan fingerprint density at radius 3 is 2.88 bits per heavy atom. The van der Waals surface area contributed by atoms with E-state index in [2.05, 4.69) is 57.2 Å². The summed E-state index contributed by atoms with van der Waals surface area (Å²) in [5, 5.41) is 1.31. The molecular formula is C16H23ClIN5OSi. The molecule has 0 atom stereocenters. The van der Waals surface area contributed by atoms with Crippen molar-refractivity contribution in [2.24, 2.45) is 10.7 Å². The summed E-state index contributed by atoms with van der Waals surface area (Å²) in [6.45, 7) is 8.64. The molecule has 25 heavy (non-hydrogen) atoms. The topological polar surface area (TPSA) is 78.3 Å². The first-order valence-corrected chi connectivity index (χ1v) is 13.1. The Balaban J connectivity index is 1.97. The zero-order valence-electron chi connectivity index (χ0n) is 14.7. The van der Waals surface area contributed by atoms with Crippen LogP contribution in [0.25, 0.3) is 11.0 Å². The summed E-state index contributed by atoms with van der Waals surface area (Å²) in [6.07, 6.45) is 6.74. The molecule has 0 bridgehead atoms. The number of hydrogen-bond donors (Lipinski definition) is 1. The third-order valence-electron chi connectivity index (χ3n) is 3.55. The van der Waals surface area contributed by atoms with Gasteiger partial charge in [-0.1, -0.05) is 31.2 Å². The normalized spacial score (nSPS) is 13.2. The molecule has 0 fully saturated rings. The molecule has 0 aliphatic rings. The summed E-state index contributed by atoms with van der Waals surface area (Å²) < 4.78 is 8.56. The molecule has 2 rings (SSSR count). The molecule has 6 nitrogen and oxygen atoms in total. The number of allylic oxidation sites excluding steroid dienone is 1. The maximum absolute atomic E-state index is 6.16. The van der Waals surface area contributed by atoms with Crippen molar-refractivity contribution in [3.8, 4) is 0 Å². The van der Waals surface area contributed by atoms with E-state index in [1.807, 2.05) is 10.8 Å². The number of hydrogen-bond acceptors (Lipinski definition) is 5. The molecule has 0 amide bonds. The van der Waals surface area contributed by atoms with E-state index in [9.17, 15) is 0 Å². The van der Waals surface area contributed by atoms with Gasteiger partial charge in [0, 0.05) is 42.4 Å². The van der Waals surface area contributed by atoms with Gasteiger partial charge in [-0.25, -0.2) is 9.97 Å². The van der Waals surface area contributed by atoms with Gasteiger partial charge in [0.15, 0.2) is 0 Å². The third-order valence-corrected chi connectivity index (χ3v) is 6.36. The molecule has 0 aliphatic carbocycles. The van der Waals surface area contributed by atoms with Crippen LogP contribution in [0.15, 0.2) is 29.3 Å². The number of fused-ring (bicyclic) bond motifs is 1. The van der Waals surface area contributed by atoms with Crippen molar-refractivity contribution in [2.45, 2.75) is 32.2 Å². The van der Waals surface area contributed by atoms with Gasteiger partial charge < -0.3 is 15.0 Å². The van der Waals surface area contributed by atoms with Crippen LogP contribution in [0.4, 0.5) is 0 Å². The van der Waals surface area contributed by atoms with Gasteiger partial charge in [0.05, 0.1) is 11.9 Å². The summed E-state index contributed by atoms with van der Waals surface area (Å²) in [4.78, 5) is 12.7. The SMILES string of the molecule is C[Si](C)(C)CCOCN=CC(=CN)Cn1cc(I)c2c(Cl)ncnc21. The van der Waals surface area contributed by atoms with Gasteiger partial charge in [0.2, 0.25) is 0 Å². The first kappa shape index (κ1) is 20.3. The van der Waals surface area contributed by atoms with Crippen molar-refractivity contribution in [2.75, 3.05) is 13.3 Å². The fourth-order valence-electron chi connectivity index (χ4n) is 2.15. The molecule has 2 aromatic rings. The van der Waals surface area contributed by atoms with Gasteiger partial charge in [-0.05, 0) is 28.6 Å². The largest absolute Gasteiger partial charge is 0.404 e. The van der Waals surface area contributed by atoms with Crippen molar-refractivity contribution in [3.05, 3.63) is 33.0 Å². The second-order valence-electron chi connectivity index (χ2n) is 6.87. The number of nitrogens with zero attached hydrogens (tertiary/aromatic N) is 4. The number of aliphatic imine (C=N–C) groups is 1. The molecule has 9 heteroatoms. The van der Waals surface area contributed by atoms with Gasteiger partial charge in [0.25, 0.3) is 0 Å². The highest BCUT2D eigenvalue weighted by molar-refractivity contribution is 14.1. The predicted octanol–water partition coefficient (Wildman–Crippen LogP) is 3.92. The fraction of sp³-hybridized carbons (Fsp3) is 0.438. The van der Waals surface area contributed by atoms with E-state index in [-0.39, 0.29) is 0 Å². The second-order valence-corrected chi connectivity index (χ2v) is 14.0. The lowest BCUT2D eigenvalue weighted by Gasteiger charge is -2.14. The van der Waals surface area contributed by atoms with Gasteiger partial charge >= 0.3 is 0 Å². The van der Waals surface area contributed by atoms with Crippen molar-refractivity contribution >= 4 is 59.5 Å². The lowest BCUT2D eigenvalue weighted by atomic mass is 10.3. The highest BCUT2D eigenvalue weighted by atomic mass is 127. The van der Waals surface area contributed by atoms with Gasteiger partial charge in [-0.3, -0.25) is 4.99 Å². The quantitative estimate of drug-likeness (QED) is 0.200. The minimum absolute atomic E-state index is 0.347. The summed E-state index contributed by atoms with van der Waals surface area (Å²) in [5.74, 6) is 0. The Hall–Kier alpha value is -0.973. The average Bonchev–Trinajstić information content (AvgIpc) is 2.85. The fourth-order valence-corrected chi connectivity index (χ4v) is 4.12. The van der Waals surface area contributed by atoms with Crippen LogP contribution in [0.1, 0.15) is 0 Å². The summed E-state index contributed by atoms with van der Waals surface area (Å²) in [6, 6.07) is 1.14. The van der Waals surface area contributed by atoms with E-state index >= 15 is 0 Å². The molecule has 0 unspecified atom stereocenters. The Labute approximate surface area is 167 Å². The number of ether oxygens (including phenoxy) is 1. The van der Waals surface area contributed by atoms with Crippen molar-refractivity contribution in [1.82, 2.24) is 14.5 Å².